The Balaban J connectivity index is 1.62. The number of hydrogen-bond donors (Lipinski definition) is 0. The maximum Gasteiger partial charge on any atom is 0.267 e. The molecule has 0 radical (unpaired) electrons. The van der Waals surface area contributed by atoms with Crippen LogP contribution in [0.2, 0.25) is 5.02 Å². The number of halogens is 1. The maximum absolute atomic E-state index is 5.98. The normalized spacial score (nSPS) is 12.3. The monoisotopic (exact) mass is 384 g/mol. The molecule has 2 heterocycles. The van der Waals surface area contributed by atoms with Crippen LogP contribution >= 0.6 is 11.6 Å². The summed E-state index contributed by atoms with van der Waals surface area (Å²) in [6.07, 6.45) is -0.436. The molecular formula is C20H17ClN2O4. The Labute approximate surface area is 160 Å². The van der Waals surface area contributed by atoms with Crippen molar-refractivity contribution in [2.75, 3.05) is 7.11 Å². The second kappa shape index (κ2) is 6.96. The molecule has 2 aromatic heterocycles. The number of aromatic nitrogens is 2. The highest BCUT2D eigenvalue weighted by molar-refractivity contribution is 6.30. The molecule has 0 saturated carbocycles. The Hall–Kier alpha value is -2.99. The SMILES string of the molecule is COc1ccc2oc(-c3noc([C@H](C)Oc4cccc(Cl)c4)n3)c(C)c2c1. The first-order valence-corrected chi connectivity index (χ1v) is 8.76. The lowest BCUT2D eigenvalue weighted by atomic mass is 10.1. The van der Waals surface area contributed by atoms with Gasteiger partial charge in [-0.15, -0.1) is 0 Å². The molecule has 6 nitrogen and oxygen atoms in total. The molecule has 0 saturated heterocycles. The van der Waals surface area contributed by atoms with E-state index in [1.165, 1.54) is 0 Å². The molecule has 4 aromatic rings. The minimum atomic E-state index is -0.436. The first-order valence-electron chi connectivity index (χ1n) is 8.38. The third-order valence-electron chi connectivity index (χ3n) is 4.24. The molecule has 0 fully saturated rings. The summed E-state index contributed by atoms with van der Waals surface area (Å²) >= 11 is 5.98. The van der Waals surface area contributed by atoms with Crippen LogP contribution in [0.5, 0.6) is 11.5 Å². The number of rotatable bonds is 5. The number of fused-ring (bicyclic) bond motifs is 1. The lowest BCUT2D eigenvalue weighted by Crippen LogP contribution is -2.03. The van der Waals surface area contributed by atoms with Gasteiger partial charge in [0.25, 0.3) is 5.89 Å². The fourth-order valence-corrected chi connectivity index (χ4v) is 3.01. The van der Waals surface area contributed by atoms with Gasteiger partial charge in [-0.25, -0.2) is 0 Å². The first kappa shape index (κ1) is 17.4. The fraction of sp³-hybridized carbons (Fsp3) is 0.200. The highest BCUT2D eigenvalue weighted by Crippen LogP contribution is 2.34. The van der Waals surface area contributed by atoms with Crippen molar-refractivity contribution in [3.63, 3.8) is 0 Å². The van der Waals surface area contributed by atoms with Crippen LogP contribution < -0.4 is 9.47 Å². The zero-order chi connectivity index (χ0) is 19.0. The molecule has 0 amide bonds. The van der Waals surface area contributed by atoms with Crippen LogP contribution in [-0.2, 0) is 0 Å². The van der Waals surface area contributed by atoms with Crippen LogP contribution in [-0.4, -0.2) is 17.3 Å². The Morgan fingerprint density at radius 1 is 1.11 bits per heavy atom. The lowest BCUT2D eigenvalue weighted by molar-refractivity contribution is 0.176. The molecule has 138 valence electrons. The van der Waals surface area contributed by atoms with Gasteiger partial charge in [-0.3, -0.25) is 0 Å². The topological polar surface area (TPSA) is 70.5 Å². The van der Waals surface area contributed by atoms with Gasteiger partial charge in [0, 0.05) is 16.0 Å². The van der Waals surface area contributed by atoms with Gasteiger partial charge in [-0.1, -0.05) is 22.8 Å². The smallest absolute Gasteiger partial charge is 0.267 e. The third-order valence-corrected chi connectivity index (χ3v) is 4.48. The van der Waals surface area contributed by atoms with E-state index < -0.39 is 6.10 Å². The van der Waals surface area contributed by atoms with Crippen molar-refractivity contribution in [2.24, 2.45) is 0 Å². The molecule has 0 aliphatic rings. The second-order valence-corrected chi connectivity index (χ2v) is 6.53. The summed E-state index contributed by atoms with van der Waals surface area (Å²) in [5.41, 5.74) is 1.65. The summed E-state index contributed by atoms with van der Waals surface area (Å²) < 4.78 is 22.4. The molecule has 7 heteroatoms. The number of methoxy groups -OCH3 is 1. The van der Waals surface area contributed by atoms with Crippen molar-refractivity contribution in [3.8, 4) is 23.1 Å². The van der Waals surface area contributed by atoms with Crippen LogP contribution in [0, 0.1) is 6.92 Å². The molecule has 27 heavy (non-hydrogen) atoms. The Bertz CT molecular complexity index is 1100. The van der Waals surface area contributed by atoms with Crippen molar-refractivity contribution in [1.82, 2.24) is 10.1 Å². The van der Waals surface area contributed by atoms with Gasteiger partial charge in [-0.2, -0.15) is 4.98 Å². The summed E-state index contributed by atoms with van der Waals surface area (Å²) in [7, 11) is 1.63. The van der Waals surface area contributed by atoms with E-state index in [-0.39, 0.29) is 0 Å². The molecule has 4 rings (SSSR count). The summed E-state index contributed by atoms with van der Waals surface area (Å²) in [5.74, 6) is 2.67. The van der Waals surface area contributed by atoms with Crippen molar-refractivity contribution < 1.29 is 18.4 Å². The standard InChI is InChI=1S/C20H17ClN2O4/c1-11-16-10-14(24-3)7-8-17(16)26-18(11)19-22-20(27-23-19)12(2)25-15-6-4-5-13(21)9-15/h4-10,12H,1-3H3/t12-/m0/s1. The molecule has 0 bridgehead atoms. The van der Waals surface area contributed by atoms with Crippen molar-refractivity contribution in [2.45, 2.75) is 20.0 Å². The average Bonchev–Trinajstić information content (AvgIpc) is 3.27. The molecule has 0 N–H and O–H groups in total. The summed E-state index contributed by atoms with van der Waals surface area (Å²) in [4.78, 5) is 4.44. The predicted molar refractivity (Wildman–Crippen MR) is 101 cm³/mol. The molecule has 0 aliphatic carbocycles. The van der Waals surface area contributed by atoms with Crippen LogP contribution in [0.3, 0.4) is 0 Å². The van der Waals surface area contributed by atoms with Gasteiger partial charge in [0.2, 0.25) is 5.82 Å². The van der Waals surface area contributed by atoms with E-state index >= 15 is 0 Å². The lowest BCUT2D eigenvalue weighted by Gasteiger charge is -2.10. The van der Waals surface area contributed by atoms with Crippen LogP contribution in [0.1, 0.15) is 24.5 Å². The van der Waals surface area contributed by atoms with E-state index in [1.807, 2.05) is 44.2 Å². The largest absolute Gasteiger partial charge is 0.497 e. The average molecular weight is 385 g/mol. The van der Waals surface area contributed by atoms with Crippen LogP contribution in [0.15, 0.2) is 51.4 Å². The van der Waals surface area contributed by atoms with Gasteiger partial charge in [0.1, 0.15) is 17.1 Å². The van der Waals surface area contributed by atoms with E-state index in [0.717, 1.165) is 22.3 Å². The van der Waals surface area contributed by atoms with Crippen molar-refractivity contribution >= 4 is 22.6 Å². The molecule has 0 aliphatic heterocycles. The summed E-state index contributed by atoms with van der Waals surface area (Å²) in [5, 5.41) is 5.59. The van der Waals surface area contributed by atoms with Gasteiger partial charge in [0.05, 0.1) is 7.11 Å². The predicted octanol–water partition coefficient (Wildman–Crippen LogP) is 5.59. The van der Waals surface area contributed by atoms with E-state index in [4.69, 9.17) is 30.0 Å². The number of ether oxygens (including phenoxy) is 2. The summed E-state index contributed by atoms with van der Waals surface area (Å²) in [6.45, 7) is 3.77. The zero-order valence-corrected chi connectivity index (χ0v) is 15.8. The summed E-state index contributed by atoms with van der Waals surface area (Å²) in [6, 6.07) is 12.8. The molecule has 1 atom stereocenters. The highest BCUT2D eigenvalue weighted by Gasteiger charge is 2.21. The van der Waals surface area contributed by atoms with Crippen LogP contribution in [0.4, 0.5) is 0 Å². The van der Waals surface area contributed by atoms with Gasteiger partial charge in [0.15, 0.2) is 11.9 Å². The third kappa shape index (κ3) is 3.36. The number of benzene rings is 2. The zero-order valence-electron chi connectivity index (χ0n) is 15.0. The van der Waals surface area contributed by atoms with Crippen LogP contribution in [0.25, 0.3) is 22.6 Å². The molecular weight excluding hydrogens is 368 g/mol. The Morgan fingerprint density at radius 3 is 2.74 bits per heavy atom. The minimum absolute atomic E-state index is 0.349. The molecule has 0 spiro atoms. The number of hydrogen-bond acceptors (Lipinski definition) is 6. The Kier molecular flexibility index (Phi) is 4.49. The molecule has 2 aromatic carbocycles. The second-order valence-electron chi connectivity index (χ2n) is 6.09. The van der Waals surface area contributed by atoms with Crippen molar-refractivity contribution in [1.29, 1.82) is 0 Å². The van der Waals surface area contributed by atoms with Gasteiger partial charge >= 0.3 is 0 Å². The van der Waals surface area contributed by atoms with Crippen molar-refractivity contribution in [3.05, 3.63) is 58.9 Å². The maximum atomic E-state index is 5.98. The van der Waals surface area contributed by atoms with Gasteiger partial charge < -0.3 is 18.4 Å². The van der Waals surface area contributed by atoms with E-state index in [0.29, 0.717) is 28.2 Å². The number of nitrogens with zero attached hydrogens (tertiary/aromatic N) is 2. The quantitative estimate of drug-likeness (QED) is 0.446. The van der Waals surface area contributed by atoms with E-state index in [9.17, 15) is 0 Å². The number of furan rings is 1. The Morgan fingerprint density at radius 2 is 1.96 bits per heavy atom. The van der Waals surface area contributed by atoms with Gasteiger partial charge in [-0.05, 0) is 50.2 Å². The van der Waals surface area contributed by atoms with E-state index in [2.05, 4.69) is 10.1 Å². The first-order chi connectivity index (χ1) is 13.0. The highest BCUT2D eigenvalue weighted by atomic mass is 35.5. The van der Waals surface area contributed by atoms with E-state index in [1.54, 1.807) is 19.2 Å². The molecule has 0 unspecified atom stereocenters. The fourth-order valence-electron chi connectivity index (χ4n) is 2.83. The minimum Gasteiger partial charge on any atom is -0.497 e. The number of aryl methyl sites for hydroxylation is 1.